The molecule has 1 saturated heterocycles. The van der Waals surface area contributed by atoms with Crippen LogP contribution in [0.15, 0.2) is 60.9 Å². The van der Waals surface area contributed by atoms with Crippen molar-refractivity contribution in [3.63, 3.8) is 0 Å². The number of hydrogen-bond donors (Lipinski definition) is 2. The average molecular weight is 422 g/mol. The second-order valence-electron chi connectivity index (χ2n) is 7.30. The first-order chi connectivity index (χ1) is 15.1. The molecule has 0 bridgehead atoms. The highest BCUT2D eigenvalue weighted by atomic mass is 19.1. The van der Waals surface area contributed by atoms with Gasteiger partial charge in [-0.05, 0) is 16.7 Å². The SMILES string of the molecule is O=C(O)Cc1ccc(CNc2ncnc(N3CCOCC3c3ccccc3)c2F)cc1. The van der Waals surface area contributed by atoms with Crippen LogP contribution >= 0.6 is 0 Å². The van der Waals surface area contributed by atoms with Gasteiger partial charge < -0.3 is 20.1 Å². The Morgan fingerprint density at radius 1 is 1.13 bits per heavy atom. The minimum atomic E-state index is -0.876. The number of carboxylic acids is 1. The lowest BCUT2D eigenvalue weighted by Crippen LogP contribution is -2.40. The fourth-order valence-electron chi connectivity index (χ4n) is 3.63. The molecule has 0 spiro atoms. The molecule has 1 aliphatic heterocycles. The van der Waals surface area contributed by atoms with Gasteiger partial charge in [0, 0.05) is 13.1 Å². The summed E-state index contributed by atoms with van der Waals surface area (Å²) in [5.74, 6) is -1.02. The molecule has 160 valence electrons. The van der Waals surface area contributed by atoms with E-state index in [0.717, 1.165) is 11.1 Å². The van der Waals surface area contributed by atoms with Crippen LogP contribution in [0.4, 0.5) is 16.0 Å². The Balaban J connectivity index is 1.50. The Labute approximate surface area is 179 Å². The predicted octanol–water partition coefficient (Wildman–Crippen LogP) is 3.43. The van der Waals surface area contributed by atoms with Gasteiger partial charge in [0.05, 0.1) is 25.7 Å². The van der Waals surface area contributed by atoms with Crippen LogP contribution in [-0.4, -0.2) is 40.8 Å². The maximum atomic E-state index is 15.3. The highest BCUT2D eigenvalue weighted by Crippen LogP contribution is 2.31. The maximum Gasteiger partial charge on any atom is 0.307 e. The summed E-state index contributed by atoms with van der Waals surface area (Å²) in [4.78, 5) is 21.0. The van der Waals surface area contributed by atoms with Gasteiger partial charge >= 0.3 is 5.97 Å². The van der Waals surface area contributed by atoms with Crippen molar-refractivity contribution in [1.29, 1.82) is 0 Å². The van der Waals surface area contributed by atoms with E-state index in [9.17, 15) is 4.79 Å². The van der Waals surface area contributed by atoms with Crippen molar-refractivity contribution < 1.29 is 19.0 Å². The molecule has 1 aliphatic rings. The lowest BCUT2D eigenvalue weighted by atomic mass is 10.0. The number of anilines is 2. The number of aliphatic carboxylic acids is 1. The normalized spacial score (nSPS) is 16.2. The minimum absolute atomic E-state index is 0.0280. The van der Waals surface area contributed by atoms with E-state index in [1.807, 2.05) is 47.4 Å². The highest BCUT2D eigenvalue weighted by Gasteiger charge is 2.29. The van der Waals surface area contributed by atoms with Crippen LogP contribution < -0.4 is 10.2 Å². The number of hydrogen-bond acceptors (Lipinski definition) is 6. The molecular formula is C23H23FN4O3. The summed E-state index contributed by atoms with van der Waals surface area (Å²) in [7, 11) is 0. The third-order valence-electron chi connectivity index (χ3n) is 5.19. The van der Waals surface area contributed by atoms with E-state index in [-0.39, 0.29) is 24.1 Å². The first-order valence-corrected chi connectivity index (χ1v) is 10.0. The zero-order chi connectivity index (χ0) is 21.6. The topological polar surface area (TPSA) is 87.6 Å². The molecule has 0 saturated carbocycles. The van der Waals surface area contributed by atoms with Crippen LogP contribution in [0.25, 0.3) is 0 Å². The summed E-state index contributed by atoms with van der Waals surface area (Å²) in [6.07, 6.45) is 1.33. The Kier molecular flexibility index (Phi) is 6.37. The maximum absolute atomic E-state index is 15.3. The average Bonchev–Trinajstić information content (AvgIpc) is 2.80. The van der Waals surface area contributed by atoms with Crippen molar-refractivity contribution in [2.24, 2.45) is 0 Å². The number of nitrogens with one attached hydrogen (secondary N) is 1. The number of morpholine rings is 1. The van der Waals surface area contributed by atoms with E-state index in [0.29, 0.717) is 31.9 Å². The quantitative estimate of drug-likeness (QED) is 0.603. The molecule has 4 rings (SSSR count). The zero-order valence-electron chi connectivity index (χ0n) is 16.9. The first kappa shape index (κ1) is 20.7. The van der Waals surface area contributed by atoms with Crippen LogP contribution in [0.1, 0.15) is 22.7 Å². The van der Waals surface area contributed by atoms with Gasteiger partial charge in [0.2, 0.25) is 5.82 Å². The van der Waals surface area contributed by atoms with Gasteiger partial charge in [-0.2, -0.15) is 4.39 Å². The smallest absolute Gasteiger partial charge is 0.307 e. The minimum Gasteiger partial charge on any atom is -0.481 e. The molecule has 0 amide bonds. The molecule has 7 nitrogen and oxygen atoms in total. The molecule has 0 radical (unpaired) electrons. The molecule has 2 aromatic carbocycles. The lowest BCUT2D eigenvalue weighted by Gasteiger charge is -2.37. The third-order valence-corrected chi connectivity index (χ3v) is 5.19. The van der Waals surface area contributed by atoms with Gasteiger partial charge in [0.1, 0.15) is 6.33 Å². The highest BCUT2D eigenvalue weighted by molar-refractivity contribution is 5.70. The fraction of sp³-hybridized carbons (Fsp3) is 0.261. The van der Waals surface area contributed by atoms with E-state index in [2.05, 4.69) is 15.3 Å². The molecule has 1 atom stereocenters. The van der Waals surface area contributed by atoms with Crippen molar-refractivity contribution in [3.05, 3.63) is 83.4 Å². The molecule has 1 aromatic heterocycles. The monoisotopic (exact) mass is 422 g/mol. The van der Waals surface area contributed by atoms with Crippen molar-refractivity contribution in [3.8, 4) is 0 Å². The Hall–Kier alpha value is -3.52. The Morgan fingerprint density at radius 2 is 1.87 bits per heavy atom. The molecule has 2 N–H and O–H groups in total. The van der Waals surface area contributed by atoms with Crippen LogP contribution in [0, 0.1) is 5.82 Å². The van der Waals surface area contributed by atoms with Gasteiger partial charge in [-0.1, -0.05) is 54.6 Å². The lowest BCUT2D eigenvalue weighted by molar-refractivity contribution is -0.136. The summed E-state index contributed by atoms with van der Waals surface area (Å²) >= 11 is 0. The summed E-state index contributed by atoms with van der Waals surface area (Å²) in [6, 6.07) is 16.9. The van der Waals surface area contributed by atoms with E-state index in [4.69, 9.17) is 9.84 Å². The molecule has 31 heavy (non-hydrogen) atoms. The number of benzene rings is 2. The van der Waals surface area contributed by atoms with Crippen LogP contribution in [0.2, 0.25) is 0 Å². The number of rotatable bonds is 7. The number of carboxylic acid groups (broad SMARTS) is 1. The summed E-state index contributed by atoms with van der Waals surface area (Å²) in [5, 5.41) is 11.9. The van der Waals surface area contributed by atoms with E-state index >= 15 is 4.39 Å². The molecular weight excluding hydrogens is 399 g/mol. The summed E-state index contributed by atoms with van der Waals surface area (Å²) in [6.45, 7) is 1.83. The number of halogens is 1. The van der Waals surface area contributed by atoms with Gasteiger partial charge in [0.25, 0.3) is 0 Å². The van der Waals surface area contributed by atoms with Gasteiger partial charge in [0.15, 0.2) is 11.6 Å². The molecule has 8 heteroatoms. The van der Waals surface area contributed by atoms with Crippen LogP contribution in [-0.2, 0) is 22.5 Å². The standard InChI is InChI=1S/C23H23FN4O3/c24-21-22(25-13-17-8-6-16(7-9-17)12-20(29)30)26-15-27-23(21)28-10-11-31-14-19(28)18-4-2-1-3-5-18/h1-9,15,19H,10-14H2,(H,29,30)(H,25,26,27). The van der Waals surface area contributed by atoms with Gasteiger partial charge in [-0.15, -0.1) is 0 Å². The zero-order valence-corrected chi connectivity index (χ0v) is 16.9. The fourth-order valence-corrected chi connectivity index (χ4v) is 3.63. The Bertz CT molecular complexity index is 1030. The Morgan fingerprint density at radius 3 is 2.61 bits per heavy atom. The molecule has 0 aliphatic carbocycles. The first-order valence-electron chi connectivity index (χ1n) is 10.0. The third kappa shape index (κ3) is 4.97. The molecule has 3 aromatic rings. The van der Waals surface area contributed by atoms with Crippen molar-refractivity contribution in [2.75, 3.05) is 30.0 Å². The predicted molar refractivity (Wildman–Crippen MR) is 114 cm³/mol. The van der Waals surface area contributed by atoms with Crippen molar-refractivity contribution in [1.82, 2.24) is 9.97 Å². The van der Waals surface area contributed by atoms with Gasteiger partial charge in [-0.25, -0.2) is 9.97 Å². The second kappa shape index (κ2) is 9.53. The van der Waals surface area contributed by atoms with Gasteiger partial charge in [-0.3, -0.25) is 4.79 Å². The number of nitrogens with zero attached hydrogens (tertiary/aromatic N) is 3. The van der Waals surface area contributed by atoms with Crippen LogP contribution in [0.5, 0.6) is 0 Å². The van der Waals surface area contributed by atoms with Crippen molar-refractivity contribution in [2.45, 2.75) is 19.0 Å². The molecule has 2 heterocycles. The summed E-state index contributed by atoms with van der Waals surface area (Å²) in [5.41, 5.74) is 2.64. The number of aromatic nitrogens is 2. The van der Waals surface area contributed by atoms with E-state index < -0.39 is 11.8 Å². The van der Waals surface area contributed by atoms with Crippen LogP contribution in [0.3, 0.4) is 0 Å². The largest absolute Gasteiger partial charge is 0.481 e. The van der Waals surface area contributed by atoms with E-state index in [1.54, 1.807) is 12.1 Å². The second-order valence-corrected chi connectivity index (χ2v) is 7.30. The number of ether oxygens (including phenoxy) is 1. The molecule has 1 fully saturated rings. The number of carbonyl (C=O) groups is 1. The van der Waals surface area contributed by atoms with E-state index in [1.165, 1.54) is 6.33 Å². The summed E-state index contributed by atoms with van der Waals surface area (Å²) < 4.78 is 21.0. The molecule has 1 unspecified atom stereocenters. The van der Waals surface area contributed by atoms with Crippen molar-refractivity contribution >= 4 is 17.6 Å².